The fourth-order valence-electron chi connectivity index (χ4n) is 2.61. The van der Waals surface area contributed by atoms with Crippen LogP contribution in [0.25, 0.3) is 0 Å². The third-order valence-electron chi connectivity index (χ3n) is 3.72. The number of Topliss-reactive ketones (excluding diaryl/α,β-unsaturated/α-hetero) is 1. The standard InChI is InChI=1S/C14H19Cl2N3O/c15-11-8-18-9-12(16)14(11)19-6-3-10(4-7-19)13(20)2-1-5-17/h8-10H,1-7,17H2. The number of rotatable bonds is 5. The van der Waals surface area contributed by atoms with E-state index in [2.05, 4.69) is 9.88 Å². The maximum absolute atomic E-state index is 12.0. The van der Waals surface area contributed by atoms with Crippen LogP contribution in [0.2, 0.25) is 10.0 Å². The van der Waals surface area contributed by atoms with Gasteiger partial charge in [0.25, 0.3) is 0 Å². The molecule has 0 atom stereocenters. The largest absolute Gasteiger partial charge is 0.369 e. The van der Waals surface area contributed by atoms with Crippen LogP contribution in [-0.4, -0.2) is 30.4 Å². The Labute approximate surface area is 129 Å². The van der Waals surface area contributed by atoms with E-state index in [9.17, 15) is 4.79 Å². The third-order valence-corrected chi connectivity index (χ3v) is 4.28. The predicted octanol–water partition coefficient (Wildman–Crippen LogP) is 2.91. The summed E-state index contributed by atoms with van der Waals surface area (Å²) in [5.41, 5.74) is 6.27. The molecule has 0 bridgehead atoms. The molecule has 1 aliphatic heterocycles. The molecule has 0 saturated carbocycles. The van der Waals surface area contributed by atoms with E-state index in [1.807, 2.05) is 0 Å². The molecule has 0 amide bonds. The summed E-state index contributed by atoms with van der Waals surface area (Å²) in [5, 5.41) is 1.12. The first-order valence-corrected chi connectivity index (χ1v) is 7.65. The summed E-state index contributed by atoms with van der Waals surface area (Å²) in [6.07, 6.45) is 6.26. The Morgan fingerprint density at radius 3 is 2.45 bits per heavy atom. The van der Waals surface area contributed by atoms with Crippen LogP contribution in [0.15, 0.2) is 12.4 Å². The Morgan fingerprint density at radius 1 is 1.30 bits per heavy atom. The minimum atomic E-state index is 0.150. The van der Waals surface area contributed by atoms with Crippen LogP contribution in [0.5, 0.6) is 0 Å². The number of carbonyl (C=O) groups excluding carboxylic acids is 1. The van der Waals surface area contributed by atoms with Gasteiger partial charge in [0.15, 0.2) is 0 Å². The van der Waals surface area contributed by atoms with Crippen molar-refractivity contribution in [1.82, 2.24) is 4.98 Å². The third kappa shape index (κ3) is 3.62. The average Bonchev–Trinajstić information content (AvgIpc) is 2.45. The Hall–Kier alpha value is -0.840. The van der Waals surface area contributed by atoms with E-state index in [0.29, 0.717) is 28.8 Å². The van der Waals surface area contributed by atoms with Crippen LogP contribution in [0.1, 0.15) is 25.7 Å². The lowest BCUT2D eigenvalue weighted by Crippen LogP contribution is -2.36. The van der Waals surface area contributed by atoms with E-state index in [0.717, 1.165) is 38.0 Å². The lowest BCUT2D eigenvalue weighted by molar-refractivity contribution is -0.123. The molecule has 0 spiro atoms. The first kappa shape index (κ1) is 15.5. The number of hydrogen-bond donors (Lipinski definition) is 1. The first-order valence-electron chi connectivity index (χ1n) is 6.90. The van der Waals surface area contributed by atoms with Gasteiger partial charge in [-0.1, -0.05) is 23.2 Å². The van der Waals surface area contributed by atoms with Crippen LogP contribution in [-0.2, 0) is 4.79 Å². The van der Waals surface area contributed by atoms with Gasteiger partial charge in [0, 0.05) is 37.8 Å². The van der Waals surface area contributed by atoms with E-state index >= 15 is 0 Å². The molecule has 1 aromatic heterocycles. The summed E-state index contributed by atoms with van der Waals surface area (Å²) >= 11 is 12.3. The molecule has 4 nitrogen and oxygen atoms in total. The van der Waals surface area contributed by atoms with Crippen molar-refractivity contribution in [3.63, 3.8) is 0 Å². The number of ketones is 1. The van der Waals surface area contributed by atoms with E-state index in [1.54, 1.807) is 12.4 Å². The fraction of sp³-hybridized carbons (Fsp3) is 0.571. The fourth-order valence-corrected chi connectivity index (χ4v) is 3.22. The second-order valence-electron chi connectivity index (χ2n) is 5.07. The second kappa shape index (κ2) is 7.25. The number of hydrogen-bond acceptors (Lipinski definition) is 4. The number of carbonyl (C=O) groups is 1. The van der Waals surface area contributed by atoms with Gasteiger partial charge in [-0.25, -0.2) is 0 Å². The maximum atomic E-state index is 12.0. The van der Waals surface area contributed by atoms with Crippen molar-refractivity contribution in [2.45, 2.75) is 25.7 Å². The van der Waals surface area contributed by atoms with Crippen LogP contribution in [0.3, 0.4) is 0 Å². The van der Waals surface area contributed by atoms with Crippen molar-refractivity contribution >= 4 is 34.7 Å². The number of nitrogens with zero attached hydrogens (tertiary/aromatic N) is 2. The SMILES string of the molecule is NCCCC(=O)C1CCN(c2c(Cl)cncc2Cl)CC1. The highest BCUT2D eigenvalue weighted by Crippen LogP contribution is 2.35. The van der Waals surface area contributed by atoms with Crippen molar-refractivity contribution in [3.05, 3.63) is 22.4 Å². The highest BCUT2D eigenvalue weighted by atomic mass is 35.5. The van der Waals surface area contributed by atoms with Gasteiger partial charge in [0.05, 0.1) is 15.7 Å². The van der Waals surface area contributed by atoms with Gasteiger partial charge < -0.3 is 10.6 Å². The zero-order valence-electron chi connectivity index (χ0n) is 11.3. The molecule has 1 aromatic rings. The smallest absolute Gasteiger partial charge is 0.136 e. The minimum absolute atomic E-state index is 0.150. The van der Waals surface area contributed by atoms with Gasteiger partial charge in [-0.3, -0.25) is 9.78 Å². The molecule has 1 saturated heterocycles. The normalized spacial score (nSPS) is 16.4. The topological polar surface area (TPSA) is 59.2 Å². The van der Waals surface area contributed by atoms with Crippen molar-refractivity contribution in [2.75, 3.05) is 24.5 Å². The van der Waals surface area contributed by atoms with Crippen LogP contribution >= 0.6 is 23.2 Å². The van der Waals surface area contributed by atoms with Gasteiger partial charge in [0.2, 0.25) is 0 Å². The first-order chi connectivity index (χ1) is 9.63. The molecule has 2 N–H and O–H groups in total. The number of piperidine rings is 1. The van der Waals surface area contributed by atoms with Crippen molar-refractivity contribution in [1.29, 1.82) is 0 Å². The highest BCUT2D eigenvalue weighted by Gasteiger charge is 2.26. The van der Waals surface area contributed by atoms with Gasteiger partial charge in [-0.2, -0.15) is 0 Å². The van der Waals surface area contributed by atoms with Crippen molar-refractivity contribution < 1.29 is 4.79 Å². The van der Waals surface area contributed by atoms with E-state index in [-0.39, 0.29) is 5.92 Å². The molecule has 6 heteroatoms. The van der Waals surface area contributed by atoms with Gasteiger partial charge in [-0.05, 0) is 25.8 Å². The van der Waals surface area contributed by atoms with Crippen LogP contribution in [0, 0.1) is 5.92 Å². The highest BCUT2D eigenvalue weighted by molar-refractivity contribution is 6.38. The van der Waals surface area contributed by atoms with Crippen LogP contribution < -0.4 is 10.6 Å². The molecule has 0 radical (unpaired) electrons. The monoisotopic (exact) mass is 315 g/mol. The summed E-state index contributed by atoms with van der Waals surface area (Å²) in [6.45, 7) is 2.16. The predicted molar refractivity (Wildman–Crippen MR) is 82.5 cm³/mol. The molecule has 110 valence electrons. The second-order valence-corrected chi connectivity index (χ2v) is 5.89. The van der Waals surface area contributed by atoms with Gasteiger partial charge in [0.1, 0.15) is 5.78 Å². The molecule has 2 heterocycles. The summed E-state index contributed by atoms with van der Waals surface area (Å²) in [6, 6.07) is 0. The Morgan fingerprint density at radius 2 is 1.90 bits per heavy atom. The molecule has 1 aliphatic rings. The Kier molecular flexibility index (Phi) is 5.64. The molecule has 0 aliphatic carbocycles. The van der Waals surface area contributed by atoms with E-state index < -0.39 is 0 Å². The minimum Gasteiger partial charge on any atom is -0.369 e. The number of anilines is 1. The molecular weight excluding hydrogens is 297 g/mol. The average molecular weight is 316 g/mol. The summed E-state index contributed by atoms with van der Waals surface area (Å²) in [7, 11) is 0. The zero-order chi connectivity index (χ0) is 14.5. The molecule has 1 fully saturated rings. The number of pyridine rings is 1. The number of nitrogens with two attached hydrogens (primary N) is 1. The van der Waals surface area contributed by atoms with Crippen LogP contribution in [0.4, 0.5) is 5.69 Å². The summed E-state index contributed by atoms with van der Waals surface area (Å²) in [4.78, 5) is 18.1. The van der Waals surface area contributed by atoms with Crippen molar-refractivity contribution in [3.8, 4) is 0 Å². The quantitative estimate of drug-likeness (QED) is 0.907. The molecule has 0 unspecified atom stereocenters. The Bertz CT molecular complexity index is 453. The maximum Gasteiger partial charge on any atom is 0.136 e. The number of aromatic nitrogens is 1. The Balaban J connectivity index is 1.96. The van der Waals surface area contributed by atoms with Crippen molar-refractivity contribution in [2.24, 2.45) is 11.7 Å². The summed E-state index contributed by atoms with van der Waals surface area (Å²) in [5.74, 6) is 0.485. The van der Waals surface area contributed by atoms with Gasteiger partial charge in [-0.15, -0.1) is 0 Å². The molecular formula is C14H19Cl2N3O. The van der Waals surface area contributed by atoms with E-state index in [4.69, 9.17) is 28.9 Å². The molecule has 0 aromatic carbocycles. The summed E-state index contributed by atoms with van der Waals surface area (Å²) < 4.78 is 0. The van der Waals surface area contributed by atoms with E-state index in [1.165, 1.54) is 0 Å². The lowest BCUT2D eigenvalue weighted by Gasteiger charge is -2.33. The lowest BCUT2D eigenvalue weighted by atomic mass is 9.90. The molecule has 2 rings (SSSR count). The number of halogens is 2. The zero-order valence-corrected chi connectivity index (χ0v) is 12.8. The van der Waals surface area contributed by atoms with Gasteiger partial charge >= 0.3 is 0 Å². The molecule has 20 heavy (non-hydrogen) atoms.